The quantitative estimate of drug-likeness (QED) is 0.865. The number of hydrogen-bond donors (Lipinski definition) is 1. The van der Waals surface area contributed by atoms with Crippen molar-refractivity contribution in [3.8, 4) is 0 Å². The zero-order valence-electron chi connectivity index (χ0n) is 9.13. The molecule has 0 aliphatic rings. The van der Waals surface area contributed by atoms with E-state index in [1.807, 2.05) is 0 Å². The largest absolute Gasteiger partial charge is 0.320 e. The van der Waals surface area contributed by atoms with Crippen LogP contribution in [0.25, 0.3) is 0 Å². The Morgan fingerprint density at radius 3 is 2.50 bits per heavy atom. The molecule has 0 radical (unpaired) electrons. The van der Waals surface area contributed by atoms with Crippen LogP contribution >= 0.6 is 27.5 Å². The molecule has 5 heteroatoms. The molecule has 1 unspecified atom stereocenters. The van der Waals surface area contributed by atoms with Crippen molar-refractivity contribution in [3.63, 3.8) is 0 Å². The van der Waals surface area contributed by atoms with Gasteiger partial charge >= 0.3 is 0 Å². The third-order valence-corrected chi connectivity index (χ3v) is 3.42. The van der Waals surface area contributed by atoms with Crippen LogP contribution in [0.1, 0.15) is 17.2 Å². The fourth-order valence-electron chi connectivity index (χ4n) is 1.67. The lowest BCUT2D eigenvalue weighted by atomic mass is 9.99. The second-order valence-electron chi connectivity index (χ2n) is 3.81. The summed E-state index contributed by atoms with van der Waals surface area (Å²) in [5.74, 6) is -1.09. The van der Waals surface area contributed by atoms with Gasteiger partial charge in [0.15, 0.2) is 0 Å². The van der Waals surface area contributed by atoms with Crippen molar-refractivity contribution in [2.45, 2.75) is 6.04 Å². The van der Waals surface area contributed by atoms with Crippen molar-refractivity contribution in [2.75, 3.05) is 0 Å². The molecular formula is C13H9BrClF2N. The molecule has 0 aliphatic heterocycles. The number of benzene rings is 2. The van der Waals surface area contributed by atoms with E-state index in [4.69, 9.17) is 17.3 Å². The summed E-state index contributed by atoms with van der Waals surface area (Å²) in [6.07, 6.45) is 0. The molecule has 2 rings (SSSR count). The number of nitrogens with two attached hydrogens (primary N) is 1. The minimum absolute atomic E-state index is 0.0787. The van der Waals surface area contributed by atoms with Gasteiger partial charge in [-0.1, -0.05) is 27.5 Å². The van der Waals surface area contributed by atoms with Gasteiger partial charge in [-0.05, 0) is 42.0 Å². The van der Waals surface area contributed by atoms with Crippen LogP contribution < -0.4 is 5.73 Å². The predicted octanol–water partition coefficient (Wildman–Crippen LogP) is 4.43. The molecule has 2 N–H and O–H groups in total. The smallest absolute Gasteiger partial charge is 0.128 e. The SMILES string of the molecule is NC(c1cc(F)ccc1F)c1cc(Br)ccc1Cl. The molecule has 0 amide bonds. The summed E-state index contributed by atoms with van der Waals surface area (Å²) in [5, 5.41) is 0.411. The van der Waals surface area contributed by atoms with Crippen LogP contribution in [0.15, 0.2) is 40.9 Å². The first kappa shape index (κ1) is 13.5. The van der Waals surface area contributed by atoms with Gasteiger partial charge in [-0.3, -0.25) is 0 Å². The monoisotopic (exact) mass is 331 g/mol. The summed E-state index contributed by atoms with van der Waals surface area (Å²) in [7, 11) is 0. The lowest BCUT2D eigenvalue weighted by Crippen LogP contribution is -2.14. The summed E-state index contributed by atoms with van der Waals surface area (Å²) >= 11 is 9.30. The normalized spacial score (nSPS) is 12.5. The Hall–Kier alpha value is -0.970. The molecule has 2 aromatic carbocycles. The Morgan fingerprint density at radius 2 is 1.78 bits per heavy atom. The van der Waals surface area contributed by atoms with E-state index in [2.05, 4.69) is 15.9 Å². The summed E-state index contributed by atoms with van der Waals surface area (Å²) in [4.78, 5) is 0. The van der Waals surface area contributed by atoms with Gasteiger partial charge in [0.1, 0.15) is 11.6 Å². The number of hydrogen-bond acceptors (Lipinski definition) is 1. The molecule has 18 heavy (non-hydrogen) atoms. The maximum atomic E-state index is 13.6. The summed E-state index contributed by atoms with van der Waals surface area (Å²) in [5.41, 5.74) is 6.56. The molecular weight excluding hydrogens is 324 g/mol. The zero-order valence-corrected chi connectivity index (χ0v) is 11.5. The Balaban J connectivity index is 2.50. The van der Waals surface area contributed by atoms with E-state index in [0.717, 1.165) is 22.7 Å². The van der Waals surface area contributed by atoms with Crippen molar-refractivity contribution < 1.29 is 8.78 Å². The Morgan fingerprint density at radius 1 is 1.06 bits per heavy atom. The maximum absolute atomic E-state index is 13.6. The van der Waals surface area contributed by atoms with Crippen molar-refractivity contribution in [3.05, 3.63) is 68.7 Å². The molecule has 0 aliphatic carbocycles. The molecule has 1 atom stereocenters. The van der Waals surface area contributed by atoms with Gasteiger partial charge in [0.2, 0.25) is 0 Å². The van der Waals surface area contributed by atoms with Gasteiger partial charge < -0.3 is 5.73 Å². The Kier molecular flexibility index (Phi) is 4.00. The van der Waals surface area contributed by atoms with Crippen LogP contribution in [0.5, 0.6) is 0 Å². The maximum Gasteiger partial charge on any atom is 0.128 e. The van der Waals surface area contributed by atoms with Gasteiger partial charge in [0.05, 0.1) is 6.04 Å². The highest BCUT2D eigenvalue weighted by Crippen LogP contribution is 2.30. The average Bonchev–Trinajstić information content (AvgIpc) is 2.34. The first-order valence-electron chi connectivity index (χ1n) is 5.14. The molecule has 2 aromatic rings. The highest BCUT2D eigenvalue weighted by Gasteiger charge is 2.17. The van der Waals surface area contributed by atoms with Gasteiger partial charge in [0, 0.05) is 15.1 Å². The zero-order chi connectivity index (χ0) is 13.3. The fourth-order valence-corrected chi connectivity index (χ4v) is 2.29. The molecule has 94 valence electrons. The van der Waals surface area contributed by atoms with Crippen LogP contribution in [-0.2, 0) is 0 Å². The molecule has 0 saturated heterocycles. The fraction of sp³-hybridized carbons (Fsp3) is 0.0769. The molecule has 0 heterocycles. The van der Waals surface area contributed by atoms with Crippen molar-refractivity contribution in [2.24, 2.45) is 5.73 Å². The second kappa shape index (κ2) is 5.34. The third kappa shape index (κ3) is 2.71. The van der Waals surface area contributed by atoms with Crippen LogP contribution in [0, 0.1) is 11.6 Å². The van der Waals surface area contributed by atoms with E-state index in [1.54, 1.807) is 18.2 Å². The Bertz CT molecular complexity index is 538. The molecule has 1 nitrogen and oxygen atoms in total. The van der Waals surface area contributed by atoms with Crippen molar-refractivity contribution >= 4 is 27.5 Å². The van der Waals surface area contributed by atoms with Crippen LogP contribution in [0.4, 0.5) is 8.78 Å². The summed E-state index contributed by atoms with van der Waals surface area (Å²) < 4.78 is 27.5. The van der Waals surface area contributed by atoms with E-state index in [9.17, 15) is 8.78 Å². The van der Waals surface area contributed by atoms with Gasteiger partial charge in [0.25, 0.3) is 0 Å². The minimum Gasteiger partial charge on any atom is -0.320 e. The first-order chi connectivity index (χ1) is 8.49. The molecule has 0 aromatic heterocycles. The lowest BCUT2D eigenvalue weighted by Gasteiger charge is -2.15. The van der Waals surface area contributed by atoms with E-state index in [0.29, 0.717) is 10.6 Å². The summed E-state index contributed by atoms with van der Waals surface area (Å²) in [6, 6.07) is 7.46. The molecule has 0 spiro atoms. The average molecular weight is 333 g/mol. The van der Waals surface area contributed by atoms with Crippen LogP contribution in [0.2, 0.25) is 5.02 Å². The van der Waals surface area contributed by atoms with E-state index in [1.165, 1.54) is 0 Å². The van der Waals surface area contributed by atoms with Crippen LogP contribution in [0.3, 0.4) is 0 Å². The van der Waals surface area contributed by atoms with Gasteiger partial charge in [-0.25, -0.2) is 8.78 Å². The van der Waals surface area contributed by atoms with E-state index < -0.39 is 17.7 Å². The van der Waals surface area contributed by atoms with E-state index in [-0.39, 0.29) is 5.56 Å². The lowest BCUT2D eigenvalue weighted by molar-refractivity contribution is 0.576. The van der Waals surface area contributed by atoms with Crippen LogP contribution in [-0.4, -0.2) is 0 Å². The van der Waals surface area contributed by atoms with Crippen molar-refractivity contribution in [1.82, 2.24) is 0 Å². The molecule has 0 bridgehead atoms. The topological polar surface area (TPSA) is 26.0 Å². The standard InChI is InChI=1S/C13H9BrClF2N/c14-7-1-3-11(15)9(5-7)13(18)10-6-8(16)2-4-12(10)17/h1-6,13H,18H2. The number of rotatable bonds is 2. The van der Waals surface area contributed by atoms with Gasteiger partial charge in [-0.2, -0.15) is 0 Å². The van der Waals surface area contributed by atoms with Crippen molar-refractivity contribution in [1.29, 1.82) is 0 Å². The highest BCUT2D eigenvalue weighted by molar-refractivity contribution is 9.10. The first-order valence-corrected chi connectivity index (χ1v) is 6.31. The molecule has 0 fully saturated rings. The van der Waals surface area contributed by atoms with E-state index >= 15 is 0 Å². The minimum atomic E-state index is -0.814. The Labute approximate surface area is 117 Å². The predicted molar refractivity (Wildman–Crippen MR) is 71.5 cm³/mol. The third-order valence-electron chi connectivity index (χ3n) is 2.59. The van der Waals surface area contributed by atoms with Gasteiger partial charge in [-0.15, -0.1) is 0 Å². The molecule has 0 saturated carbocycles. The second-order valence-corrected chi connectivity index (χ2v) is 5.13. The summed E-state index contributed by atoms with van der Waals surface area (Å²) in [6.45, 7) is 0. The number of halogens is 4. The highest BCUT2D eigenvalue weighted by atomic mass is 79.9.